The van der Waals surface area contributed by atoms with E-state index in [9.17, 15) is 24.5 Å². The number of nitro benzene ring substituents is 1. The van der Waals surface area contributed by atoms with Gasteiger partial charge < -0.3 is 4.74 Å². The van der Waals surface area contributed by atoms with E-state index in [1.807, 2.05) is 12.3 Å². The number of hydrazine groups is 1. The molecular weight excluding hydrogens is 456 g/mol. The van der Waals surface area contributed by atoms with E-state index in [4.69, 9.17) is 4.74 Å². The lowest BCUT2D eigenvalue weighted by atomic mass is 10.2. The van der Waals surface area contributed by atoms with Gasteiger partial charge >= 0.3 is 5.97 Å². The molecule has 3 rings (SSSR count). The SMILES string of the molecule is Cc1csc(Sc2ccc(C(=O)OCC(=O)NNC(=O)c3ccccc3)cc2[N+](=O)[O-])n1. The van der Waals surface area contributed by atoms with Crippen molar-refractivity contribution in [3.05, 3.63) is 80.8 Å². The van der Waals surface area contributed by atoms with Crippen molar-refractivity contribution >= 4 is 46.6 Å². The molecule has 32 heavy (non-hydrogen) atoms. The van der Waals surface area contributed by atoms with Gasteiger partial charge in [0.15, 0.2) is 10.9 Å². The summed E-state index contributed by atoms with van der Waals surface area (Å²) in [7, 11) is 0. The maximum atomic E-state index is 12.2. The van der Waals surface area contributed by atoms with Crippen molar-refractivity contribution in [3.8, 4) is 0 Å². The molecule has 2 N–H and O–H groups in total. The third-order valence-electron chi connectivity index (χ3n) is 3.87. The Hall–Kier alpha value is -3.77. The topological polar surface area (TPSA) is 141 Å². The van der Waals surface area contributed by atoms with E-state index < -0.39 is 29.3 Å². The number of aryl methyl sites for hydroxylation is 1. The fraction of sp³-hybridized carbons (Fsp3) is 0.100. The normalized spacial score (nSPS) is 10.3. The summed E-state index contributed by atoms with van der Waals surface area (Å²) in [6.07, 6.45) is 0. The number of esters is 1. The van der Waals surface area contributed by atoms with Crippen LogP contribution < -0.4 is 10.9 Å². The number of thiazole rings is 1. The van der Waals surface area contributed by atoms with E-state index in [-0.39, 0.29) is 11.3 Å². The lowest BCUT2D eigenvalue weighted by molar-refractivity contribution is -0.387. The zero-order valence-electron chi connectivity index (χ0n) is 16.6. The Balaban J connectivity index is 1.57. The van der Waals surface area contributed by atoms with E-state index >= 15 is 0 Å². The number of aromatic nitrogens is 1. The van der Waals surface area contributed by atoms with Crippen LogP contribution in [0.15, 0.2) is 63.1 Å². The Kier molecular flexibility index (Phi) is 7.52. The third kappa shape index (κ3) is 6.12. The van der Waals surface area contributed by atoms with Crippen LogP contribution in [0, 0.1) is 17.0 Å². The zero-order chi connectivity index (χ0) is 23.1. The molecule has 0 bridgehead atoms. The van der Waals surface area contributed by atoms with Gasteiger partial charge in [-0.25, -0.2) is 9.78 Å². The van der Waals surface area contributed by atoms with E-state index in [0.717, 1.165) is 23.5 Å². The van der Waals surface area contributed by atoms with Crippen LogP contribution in [0.4, 0.5) is 5.69 Å². The zero-order valence-corrected chi connectivity index (χ0v) is 18.2. The highest BCUT2D eigenvalue weighted by molar-refractivity contribution is 8.01. The molecule has 10 nitrogen and oxygen atoms in total. The monoisotopic (exact) mass is 472 g/mol. The van der Waals surface area contributed by atoms with Gasteiger partial charge in [0.05, 0.1) is 15.4 Å². The minimum Gasteiger partial charge on any atom is -0.452 e. The van der Waals surface area contributed by atoms with Crippen LogP contribution in [0.5, 0.6) is 0 Å². The Morgan fingerprint density at radius 1 is 1.12 bits per heavy atom. The van der Waals surface area contributed by atoms with Crippen LogP contribution in [-0.2, 0) is 9.53 Å². The highest BCUT2D eigenvalue weighted by Crippen LogP contribution is 2.36. The number of rotatable bonds is 7. The molecule has 1 aromatic heterocycles. The number of amides is 2. The summed E-state index contributed by atoms with van der Waals surface area (Å²) < 4.78 is 5.52. The molecule has 0 atom stereocenters. The number of hydrogen-bond acceptors (Lipinski definition) is 9. The Morgan fingerprint density at radius 3 is 2.53 bits per heavy atom. The first-order valence-corrected chi connectivity index (χ1v) is 10.7. The van der Waals surface area contributed by atoms with Crippen LogP contribution in [0.2, 0.25) is 0 Å². The van der Waals surface area contributed by atoms with Crippen molar-refractivity contribution in [2.45, 2.75) is 16.2 Å². The molecule has 0 saturated heterocycles. The van der Waals surface area contributed by atoms with Gasteiger partial charge in [-0.3, -0.25) is 30.6 Å². The molecule has 0 aliphatic carbocycles. The molecule has 0 unspecified atom stereocenters. The van der Waals surface area contributed by atoms with Gasteiger partial charge in [-0.15, -0.1) is 11.3 Å². The summed E-state index contributed by atoms with van der Waals surface area (Å²) in [4.78, 5) is 51.3. The maximum absolute atomic E-state index is 12.2. The molecule has 2 amide bonds. The minimum absolute atomic E-state index is 0.0857. The largest absolute Gasteiger partial charge is 0.452 e. The van der Waals surface area contributed by atoms with Gasteiger partial charge in [0.1, 0.15) is 0 Å². The van der Waals surface area contributed by atoms with Crippen LogP contribution in [-0.4, -0.2) is 34.3 Å². The number of carbonyl (C=O) groups excluding carboxylic acids is 3. The Bertz CT molecular complexity index is 1170. The van der Waals surface area contributed by atoms with Crippen LogP contribution in [0.25, 0.3) is 0 Å². The van der Waals surface area contributed by atoms with E-state index in [2.05, 4.69) is 15.8 Å². The second-order valence-electron chi connectivity index (χ2n) is 6.24. The van der Waals surface area contributed by atoms with Crippen molar-refractivity contribution in [1.82, 2.24) is 15.8 Å². The molecule has 1 heterocycles. The molecular formula is C20H16N4O6S2. The number of ether oxygens (including phenoxy) is 1. The van der Waals surface area contributed by atoms with Crippen LogP contribution >= 0.6 is 23.1 Å². The molecule has 0 fully saturated rings. The maximum Gasteiger partial charge on any atom is 0.338 e. The summed E-state index contributed by atoms with van der Waals surface area (Å²) in [5, 5.41) is 13.3. The number of benzene rings is 2. The molecule has 0 aliphatic rings. The fourth-order valence-electron chi connectivity index (χ4n) is 2.39. The van der Waals surface area contributed by atoms with Crippen molar-refractivity contribution in [2.24, 2.45) is 0 Å². The smallest absolute Gasteiger partial charge is 0.338 e. The predicted octanol–water partition coefficient (Wildman–Crippen LogP) is 3.13. The number of hydrogen-bond donors (Lipinski definition) is 2. The van der Waals surface area contributed by atoms with Gasteiger partial charge in [0.25, 0.3) is 17.5 Å². The molecule has 3 aromatic rings. The predicted molar refractivity (Wildman–Crippen MR) is 116 cm³/mol. The molecule has 0 aliphatic heterocycles. The van der Waals surface area contributed by atoms with Gasteiger partial charge in [0.2, 0.25) is 0 Å². The summed E-state index contributed by atoms with van der Waals surface area (Å²) in [5.41, 5.74) is 5.09. The second kappa shape index (κ2) is 10.5. The number of nitrogens with one attached hydrogen (secondary N) is 2. The summed E-state index contributed by atoms with van der Waals surface area (Å²) in [6.45, 7) is 1.13. The second-order valence-corrected chi connectivity index (χ2v) is 8.39. The Morgan fingerprint density at radius 2 is 1.88 bits per heavy atom. The first-order chi connectivity index (χ1) is 15.3. The molecule has 12 heteroatoms. The van der Waals surface area contributed by atoms with Gasteiger partial charge in [0, 0.05) is 22.7 Å². The average molecular weight is 473 g/mol. The first-order valence-electron chi connectivity index (χ1n) is 9.03. The first kappa shape index (κ1) is 22.9. The molecule has 0 saturated carbocycles. The van der Waals surface area contributed by atoms with Gasteiger partial charge in [-0.05, 0) is 31.2 Å². The van der Waals surface area contributed by atoms with E-state index in [1.54, 1.807) is 30.3 Å². The number of nitrogens with zero attached hydrogens (tertiary/aromatic N) is 2. The summed E-state index contributed by atoms with van der Waals surface area (Å²) >= 11 is 2.47. The summed E-state index contributed by atoms with van der Waals surface area (Å²) in [6, 6.07) is 12.1. The Labute approximate surface area is 190 Å². The van der Waals surface area contributed by atoms with Crippen LogP contribution in [0.3, 0.4) is 0 Å². The number of nitro groups is 1. The van der Waals surface area contributed by atoms with Crippen molar-refractivity contribution in [3.63, 3.8) is 0 Å². The lowest BCUT2D eigenvalue weighted by Gasteiger charge is -2.08. The van der Waals surface area contributed by atoms with Gasteiger partial charge in [-0.1, -0.05) is 30.0 Å². The van der Waals surface area contributed by atoms with Crippen molar-refractivity contribution in [2.75, 3.05) is 6.61 Å². The molecule has 164 valence electrons. The average Bonchev–Trinajstić information content (AvgIpc) is 3.20. The van der Waals surface area contributed by atoms with Crippen LogP contribution in [0.1, 0.15) is 26.4 Å². The highest BCUT2D eigenvalue weighted by atomic mass is 32.2. The molecule has 0 spiro atoms. The quantitative estimate of drug-likeness (QED) is 0.304. The fourth-order valence-corrected chi connectivity index (χ4v) is 4.26. The van der Waals surface area contributed by atoms with E-state index in [0.29, 0.717) is 14.8 Å². The number of carbonyl (C=O) groups is 3. The van der Waals surface area contributed by atoms with Crippen molar-refractivity contribution in [1.29, 1.82) is 0 Å². The summed E-state index contributed by atoms with van der Waals surface area (Å²) in [5.74, 6) is -2.23. The molecule has 2 aromatic carbocycles. The van der Waals surface area contributed by atoms with Gasteiger partial charge in [-0.2, -0.15) is 0 Å². The van der Waals surface area contributed by atoms with Crippen molar-refractivity contribution < 1.29 is 24.0 Å². The minimum atomic E-state index is -0.917. The third-order valence-corrected chi connectivity index (χ3v) is 5.99. The highest BCUT2D eigenvalue weighted by Gasteiger charge is 2.21. The lowest BCUT2D eigenvalue weighted by Crippen LogP contribution is -2.43. The molecule has 0 radical (unpaired) electrons. The standard InChI is InChI=1S/C20H16N4O6S2/c1-12-11-31-20(21-12)32-16-8-7-14(9-15(16)24(28)29)19(27)30-10-17(25)22-23-18(26)13-5-3-2-4-6-13/h2-9,11H,10H2,1H3,(H,22,25)(H,23,26). The van der Waals surface area contributed by atoms with E-state index in [1.165, 1.54) is 23.5 Å².